The van der Waals surface area contributed by atoms with E-state index < -0.39 is 0 Å². The average molecular weight is 204 g/mol. The van der Waals surface area contributed by atoms with Gasteiger partial charge in [0.05, 0.1) is 13.7 Å². The summed E-state index contributed by atoms with van der Waals surface area (Å²) < 4.78 is 9.81. The maximum Gasteiger partial charge on any atom is 0.351 e. The SMILES string of the molecule is CCCCCCCCOC(=S)OC. The Morgan fingerprint density at radius 2 is 1.69 bits per heavy atom. The van der Waals surface area contributed by atoms with E-state index in [0.717, 1.165) is 6.42 Å². The molecule has 0 aliphatic heterocycles. The number of methoxy groups -OCH3 is 1. The van der Waals surface area contributed by atoms with Crippen LogP contribution in [0, 0.1) is 0 Å². The van der Waals surface area contributed by atoms with Crippen molar-refractivity contribution in [3.05, 3.63) is 0 Å². The first kappa shape index (κ1) is 12.7. The maximum atomic E-state index is 5.11. The largest absolute Gasteiger partial charge is 0.460 e. The molecule has 0 aromatic heterocycles. The Hall–Kier alpha value is -0.310. The molecule has 0 fully saturated rings. The van der Waals surface area contributed by atoms with Crippen LogP contribution in [0.15, 0.2) is 0 Å². The smallest absolute Gasteiger partial charge is 0.351 e. The number of rotatable bonds is 7. The predicted molar refractivity (Wildman–Crippen MR) is 58.9 cm³/mol. The van der Waals surface area contributed by atoms with Gasteiger partial charge in [0, 0.05) is 12.2 Å². The molecule has 0 aromatic rings. The zero-order valence-corrected chi connectivity index (χ0v) is 9.49. The molecule has 0 rings (SSSR count). The zero-order chi connectivity index (χ0) is 9.94. The monoisotopic (exact) mass is 204 g/mol. The Balaban J connectivity index is 2.95. The second-order valence-corrected chi connectivity index (χ2v) is 3.40. The molecule has 0 aliphatic carbocycles. The van der Waals surface area contributed by atoms with E-state index in [0.29, 0.717) is 6.61 Å². The van der Waals surface area contributed by atoms with E-state index in [1.54, 1.807) is 0 Å². The molecule has 0 heterocycles. The summed E-state index contributed by atoms with van der Waals surface area (Å²) in [5.41, 5.74) is 0. The van der Waals surface area contributed by atoms with Gasteiger partial charge in [0.15, 0.2) is 0 Å². The molecular weight excluding hydrogens is 184 g/mol. The van der Waals surface area contributed by atoms with Crippen LogP contribution in [0.5, 0.6) is 0 Å². The van der Waals surface area contributed by atoms with Crippen molar-refractivity contribution >= 4 is 17.5 Å². The number of unbranched alkanes of at least 4 members (excludes halogenated alkanes) is 5. The number of ether oxygens (including phenoxy) is 2. The van der Waals surface area contributed by atoms with Crippen molar-refractivity contribution in [2.75, 3.05) is 13.7 Å². The molecule has 0 radical (unpaired) electrons. The van der Waals surface area contributed by atoms with Crippen LogP contribution in [0.4, 0.5) is 0 Å². The van der Waals surface area contributed by atoms with Gasteiger partial charge in [-0.3, -0.25) is 0 Å². The van der Waals surface area contributed by atoms with Gasteiger partial charge in [-0.1, -0.05) is 39.0 Å². The van der Waals surface area contributed by atoms with Gasteiger partial charge in [0.1, 0.15) is 0 Å². The number of hydrogen-bond acceptors (Lipinski definition) is 3. The summed E-state index contributed by atoms with van der Waals surface area (Å²) in [6.07, 6.45) is 7.59. The second kappa shape index (κ2) is 9.78. The van der Waals surface area contributed by atoms with Crippen LogP contribution in [0.2, 0.25) is 0 Å². The predicted octanol–water partition coefficient (Wildman–Crippen LogP) is 3.29. The van der Waals surface area contributed by atoms with E-state index in [9.17, 15) is 0 Å². The minimum Gasteiger partial charge on any atom is -0.460 e. The van der Waals surface area contributed by atoms with Gasteiger partial charge in [0.2, 0.25) is 0 Å². The minimum absolute atomic E-state index is 0.258. The Kier molecular flexibility index (Phi) is 9.54. The molecule has 3 heteroatoms. The molecule has 0 spiro atoms. The molecule has 2 nitrogen and oxygen atoms in total. The van der Waals surface area contributed by atoms with Crippen molar-refractivity contribution in [3.63, 3.8) is 0 Å². The highest BCUT2D eigenvalue weighted by molar-refractivity contribution is 7.79. The van der Waals surface area contributed by atoms with Gasteiger partial charge in [-0.25, -0.2) is 0 Å². The molecule has 13 heavy (non-hydrogen) atoms. The van der Waals surface area contributed by atoms with Crippen LogP contribution in [-0.2, 0) is 9.47 Å². The van der Waals surface area contributed by atoms with Crippen molar-refractivity contribution in [1.82, 2.24) is 0 Å². The summed E-state index contributed by atoms with van der Waals surface area (Å²) in [6, 6.07) is 0. The van der Waals surface area contributed by atoms with Crippen LogP contribution in [0.3, 0.4) is 0 Å². The summed E-state index contributed by atoms with van der Waals surface area (Å²) in [4.78, 5) is 0. The van der Waals surface area contributed by atoms with E-state index in [2.05, 4.69) is 6.92 Å². The fourth-order valence-electron chi connectivity index (χ4n) is 1.10. The molecule has 0 aliphatic rings. The highest BCUT2D eigenvalue weighted by Gasteiger charge is 1.94. The van der Waals surface area contributed by atoms with Crippen LogP contribution in [0.1, 0.15) is 45.4 Å². The van der Waals surface area contributed by atoms with Gasteiger partial charge in [-0.15, -0.1) is 0 Å². The molecule has 0 amide bonds. The van der Waals surface area contributed by atoms with Crippen LogP contribution in [-0.4, -0.2) is 19.0 Å². The lowest BCUT2D eigenvalue weighted by atomic mass is 10.1. The normalized spacial score (nSPS) is 9.69. The molecular formula is C10H20O2S. The third-order valence-corrected chi connectivity index (χ3v) is 2.17. The molecule has 78 valence electrons. The average Bonchev–Trinajstić information content (AvgIpc) is 2.16. The summed E-state index contributed by atoms with van der Waals surface area (Å²) in [7, 11) is 1.53. The lowest BCUT2D eigenvalue weighted by molar-refractivity contribution is 0.205. The Morgan fingerprint density at radius 3 is 2.31 bits per heavy atom. The maximum absolute atomic E-state index is 5.11. The van der Waals surface area contributed by atoms with Crippen LogP contribution < -0.4 is 0 Å². The van der Waals surface area contributed by atoms with E-state index in [4.69, 9.17) is 21.7 Å². The van der Waals surface area contributed by atoms with E-state index in [1.165, 1.54) is 39.2 Å². The van der Waals surface area contributed by atoms with Gasteiger partial charge in [-0.2, -0.15) is 0 Å². The zero-order valence-electron chi connectivity index (χ0n) is 8.67. The summed E-state index contributed by atoms with van der Waals surface area (Å²) in [6.45, 7) is 2.92. The molecule has 0 atom stereocenters. The van der Waals surface area contributed by atoms with E-state index in [-0.39, 0.29) is 5.24 Å². The highest BCUT2D eigenvalue weighted by atomic mass is 32.1. The number of thiocarbonyl (C=S) groups is 1. The van der Waals surface area contributed by atoms with Gasteiger partial charge in [0.25, 0.3) is 0 Å². The molecule has 0 aromatic carbocycles. The summed E-state index contributed by atoms with van der Waals surface area (Å²) in [5, 5.41) is 0.258. The quantitative estimate of drug-likeness (QED) is 0.468. The first-order valence-corrected chi connectivity index (χ1v) is 5.42. The highest BCUT2D eigenvalue weighted by Crippen LogP contribution is 2.04. The van der Waals surface area contributed by atoms with Crippen LogP contribution in [0.25, 0.3) is 0 Å². The first-order valence-electron chi connectivity index (χ1n) is 5.02. The van der Waals surface area contributed by atoms with Crippen molar-refractivity contribution in [2.24, 2.45) is 0 Å². The molecule has 0 saturated heterocycles. The Labute approximate surface area is 86.6 Å². The van der Waals surface area contributed by atoms with Crippen molar-refractivity contribution in [2.45, 2.75) is 45.4 Å². The van der Waals surface area contributed by atoms with Crippen molar-refractivity contribution < 1.29 is 9.47 Å². The van der Waals surface area contributed by atoms with Gasteiger partial charge >= 0.3 is 5.24 Å². The third kappa shape index (κ3) is 9.61. The lowest BCUT2D eigenvalue weighted by Gasteiger charge is -2.04. The summed E-state index contributed by atoms with van der Waals surface area (Å²) >= 11 is 4.73. The standard InChI is InChI=1S/C10H20O2S/c1-3-4-5-6-7-8-9-12-10(13)11-2/h3-9H2,1-2H3. The second-order valence-electron chi connectivity index (χ2n) is 3.07. The Morgan fingerprint density at radius 1 is 1.08 bits per heavy atom. The van der Waals surface area contributed by atoms with E-state index in [1.807, 2.05) is 0 Å². The van der Waals surface area contributed by atoms with Crippen molar-refractivity contribution in [3.8, 4) is 0 Å². The lowest BCUT2D eigenvalue weighted by Crippen LogP contribution is -2.04. The molecule has 0 saturated carbocycles. The molecule has 0 bridgehead atoms. The molecule has 0 N–H and O–H groups in total. The minimum atomic E-state index is 0.258. The Bertz CT molecular complexity index is 126. The van der Waals surface area contributed by atoms with Crippen molar-refractivity contribution in [1.29, 1.82) is 0 Å². The van der Waals surface area contributed by atoms with E-state index >= 15 is 0 Å². The third-order valence-electron chi connectivity index (χ3n) is 1.88. The fourth-order valence-corrected chi connectivity index (χ4v) is 1.18. The first-order chi connectivity index (χ1) is 6.31. The summed E-state index contributed by atoms with van der Waals surface area (Å²) in [5.74, 6) is 0. The van der Waals surface area contributed by atoms with Gasteiger partial charge < -0.3 is 9.47 Å². The van der Waals surface area contributed by atoms with Gasteiger partial charge in [-0.05, 0) is 6.42 Å². The molecule has 0 unspecified atom stereocenters. The number of hydrogen-bond donors (Lipinski definition) is 0. The topological polar surface area (TPSA) is 18.5 Å². The van der Waals surface area contributed by atoms with Crippen LogP contribution >= 0.6 is 12.2 Å². The fraction of sp³-hybridized carbons (Fsp3) is 0.900.